The maximum absolute atomic E-state index is 9.81. The van der Waals surface area contributed by atoms with E-state index in [2.05, 4.69) is 47.4 Å². The maximum Gasteiger partial charge on any atom is 0.234 e. The van der Waals surface area contributed by atoms with Gasteiger partial charge in [-0.05, 0) is 67.5 Å². The first-order valence-electron chi connectivity index (χ1n) is 10.5. The minimum Gasteiger partial charge on any atom is -0.279 e. The van der Waals surface area contributed by atoms with Crippen LogP contribution in [-0.4, -0.2) is 9.97 Å². The summed E-state index contributed by atoms with van der Waals surface area (Å²) in [6.45, 7) is 0. The first-order chi connectivity index (χ1) is 14.3. The summed E-state index contributed by atoms with van der Waals surface area (Å²) in [5, 5.41) is 9.81. The van der Waals surface area contributed by atoms with Crippen molar-refractivity contribution < 1.29 is 0 Å². The standard InChI is InChI=1S/C25H24N4/c26-18-25(15-4-5-16-25)20-11-13-22(14-12-20)29(21-8-2-1-3-9-21)24-27-17-19-7-6-10-23(19)28-24/h1-3,8-9,11-14,17H,4-7,10,15-16H2. The molecule has 2 aliphatic carbocycles. The largest absolute Gasteiger partial charge is 0.279 e. The summed E-state index contributed by atoms with van der Waals surface area (Å²) in [4.78, 5) is 11.7. The molecule has 0 spiro atoms. The minimum atomic E-state index is -0.319. The predicted octanol–water partition coefficient (Wildman–Crippen LogP) is 5.77. The molecular weight excluding hydrogens is 356 g/mol. The predicted molar refractivity (Wildman–Crippen MR) is 114 cm³/mol. The van der Waals surface area contributed by atoms with Crippen LogP contribution in [0.15, 0.2) is 60.8 Å². The highest BCUT2D eigenvalue weighted by Crippen LogP contribution is 2.42. The van der Waals surface area contributed by atoms with Gasteiger partial charge in [0.1, 0.15) is 0 Å². The molecule has 0 radical (unpaired) electrons. The second-order valence-electron chi connectivity index (χ2n) is 8.11. The highest BCUT2D eigenvalue weighted by Gasteiger charge is 2.35. The van der Waals surface area contributed by atoms with Crippen LogP contribution in [0.5, 0.6) is 0 Å². The van der Waals surface area contributed by atoms with E-state index in [0.717, 1.165) is 61.9 Å². The summed E-state index contributed by atoms with van der Waals surface area (Å²) in [6.07, 6.45) is 9.42. The van der Waals surface area contributed by atoms with Crippen LogP contribution >= 0.6 is 0 Å². The van der Waals surface area contributed by atoms with E-state index < -0.39 is 0 Å². The molecule has 0 atom stereocenters. The van der Waals surface area contributed by atoms with Crippen molar-refractivity contribution in [2.45, 2.75) is 50.4 Å². The van der Waals surface area contributed by atoms with Crippen molar-refractivity contribution in [3.05, 3.63) is 77.6 Å². The van der Waals surface area contributed by atoms with Gasteiger partial charge in [0.25, 0.3) is 0 Å². The van der Waals surface area contributed by atoms with E-state index >= 15 is 0 Å². The first-order valence-corrected chi connectivity index (χ1v) is 10.5. The maximum atomic E-state index is 9.81. The van der Waals surface area contributed by atoms with Gasteiger partial charge in [0, 0.05) is 23.3 Å². The number of aromatic nitrogens is 2. The number of para-hydroxylation sites is 1. The van der Waals surface area contributed by atoms with E-state index in [-0.39, 0.29) is 5.41 Å². The zero-order valence-corrected chi connectivity index (χ0v) is 16.5. The number of hydrogen-bond donors (Lipinski definition) is 0. The van der Waals surface area contributed by atoms with Gasteiger partial charge in [-0.15, -0.1) is 0 Å². The van der Waals surface area contributed by atoms with Gasteiger partial charge in [-0.1, -0.05) is 43.2 Å². The lowest BCUT2D eigenvalue weighted by Gasteiger charge is -2.25. The smallest absolute Gasteiger partial charge is 0.234 e. The Kier molecular flexibility index (Phi) is 4.52. The van der Waals surface area contributed by atoms with Crippen LogP contribution < -0.4 is 4.90 Å². The second-order valence-corrected chi connectivity index (χ2v) is 8.11. The number of anilines is 3. The molecule has 2 aliphatic rings. The van der Waals surface area contributed by atoms with Crippen molar-refractivity contribution in [2.24, 2.45) is 0 Å². The van der Waals surface area contributed by atoms with Crippen LogP contribution in [0.1, 0.15) is 48.9 Å². The normalized spacial score (nSPS) is 16.9. The Labute approximate surface area is 171 Å². The molecule has 5 rings (SSSR count). The van der Waals surface area contributed by atoms with Gasteiger partial charge < -0.3 is 0 Å². The molecule has 1 saturated carbocycles. The van der Waals surface area contributed by atoms with Gasteiger partial charge in [0.05, 0.1) is 11.5 Å². The number of nitriles is 1. The van der Waals surface area contributed by atoms with Gasteiger partial charge in [0.15, 0.2) is 0 Å². The van der Waals surface area contributed by atoms with E-state index in [0.29, 0.717) is 5.95 Å². The lowest BCUT2D eigenvalue weighted by atomic mass is 9.80. The number of hydrogen-bond acceptors (Lipinski definition) is 4. The van der Waals surface area contributed by atoms with Gasteiger partial charge in [-0.3, -0.25) is 4.90 Å². The van der Waals surface area contributed by atoms with Crippen molar-refractivity contribution in [3.8, 4) is 6.07 Å². The fraction of sp³-hybridized carbons (Fsp3) is 0.320. The lowest BCUT2D eigenvalue weighted by molar-refractivity contribution is 0.573. The molecule has 0 bridgehead atoms. The molecule has 4 heteroatoms. The average molecular weight is 380 g/mol. The van der Waals surface area contributed by atoms with E-state index in [4.69, 9.17) is 9.97 Å². The lowest BCUT2D eigenvalue weighted by Crippen LogP contribution is -2.19. The van der Waals surface area contributed by atoms with Gasteiger partial charge in [-0.2, -0.15) is 5.26 Å². The van der Waals surface area contributed by atoms with E-state index in [1.165, 1.54) is 11.3 Å². The summed E-state index contributed by atoms with van der Waals surface area (Å²) in [6, 6.07) is 21.3. The quantitative estimate of drug-likeness (QED) is 0.576. The van der Waals surface area contributed by atoms with Crippen LogP contribution in [0.2, 0.25) is 0 Å². The number of benzene rings is 2. The summed E-state index contributed by atoms with van der Waals surface area (Å²) < 4.78 is 0. The molecule has 4 nitrogen and oxygen atoms in total. The molecule has 0 aliphatic heterocycles. The Morgan fingerprint density at radius 2 is 1.59 bits per heavy atom. The Morgan fingerprint density at radius 3 is 2.31 bits per heavy atom. The van der Waals surface area contributed by atoms with E-state index in [1.807, 2.05) is 24.4 Å². The Hall–Kier alpha value is -3.19. The summed E-state index contributed by atoms with van der Waals surface area (Å²) in [5.41, 5.74) is 5.30. The number of aryl methyl sites for hydroxylation is 2. The van der Waals surface area contributed by atoms with Crippen molar-refractivity contribution in [1.82, 2.24) is 9.97 Å². The third-order valence-electron chi connectivity index (χ3n) is 6.36. The van der Waals surface area contributed by atoms with Gasteiger partial charge in [0.2, 0.25) is 5.95 Å². The molecule has 0 saturated heterocycles. The van der Waals surface area contributed by atoms with Crippen LogP contribution in [0.25, 0.3) is 0 Å². The molecule has 0 amide bonds. The van der Waals surface area contributed by atoms with Crippen LogP contribution in [0, 0.1) is 11.3 Å². The zero-order valence-electron chi connectivity index (χ0n) is 16.5. The molecule has 0 unspecified atom stereocenters. The third-order valence-corrected chi connectivity index (χ3v) is 6.36. The fourth-order valence-electron chi connectivity index (χ4n) is 4.74. The highest BCUT2D eigenvalue weighted by atomic mass is 15.3. The molecule has 1 fully saturated rings. The van der Waals surface area contributed by atoms with E-state index in [1.54, 1.807) is 0 Å². The Bertz CT molecular complexity index is 1040. The molecular formula is C25H24N4. The fourth-order valence-corrected chi connectivity index (χ4v) is 4.74. The third kappa shape index (κ3) is 3.17. The Balaban J connectivity index is 1.56. The summed E-state index contributed by atoms with van der Waals surface area (Å²) in [5.74, 6) is 0.709. The summed E-state index contributed by atoms with van der Waals surface area (Å²) in [7, 11) is 0. The number of fused-ring (bicyclic) bond motifs is 1. The molecule has 1 aromatic heterocycles. The second kappa shape index (κ2) is 7.33. The monoisotopic (exact) mass is 380 g/mol. The van der Waals surface area contributed by atoms with Crippen LogP contribution in [-0.2, 0) is 18.3 Å². The molecule has 2 aromatic carbocycles. The first kappa shape index (κ1) is 17.9. The summed E-state index contributed by atoms with van der Waals surface area (Å²) >= 11 is 0. The zero-order chi connectivity index (χ0) is 19.7. The van der Waals surface area contributed by atoms with Crippen molar-refractivity contribution in [2.75, 3.05) is 4.90 Å². The molecule has 29 heavy (non-hydrogen) atoms. The molecule has 0 N–H and O–H groups in total. The SMILES string of the molecule is N#CC1(c2ccc(N(c3ccccc3)c3ncc4c(n3)CCC4)cc2)CCCC1. The molecule has 144 valence electrons. The average Bonchev–Trinajstić information content (AvgIpc) is 3.45. The van der Waals surface area contributed by atoms with Gasteiger partial charge >= 0.3 is 0 Å². The van der Waals surface area contributed by atoms with Crippen LogP contribution in [0.3, 0.4) is 0 Å². The van der Waals surface area contributed by atoms with Crippen molar-refractivity contribution >= 4 is 17.3 Å². The minimum absolute atomic E-state index is 0.319. The van der Waals surface area contributed by atoms with E-state index in [9.17, 15) is 5.26 Å². The van der Waals surface area contributed by atoms with Crippen molar-refractivity contribution in [1.29, 1.82) is 5.26 Å². The molecule has 1 heterocycles. The van der Waals surface area contributed by atoms with Crippen molar-refractivity contribution in [3.63, 3.8) is 0 Å². The van der Waals surface area contributed by atoms with Crippen LogP contribution in [0.4, 0.5) is 17.3 Å². The highest BCUT2D eigenvalue weighted by molar-refractivity contribution is 5.72. The van der Waals surface area contributed by atoms with Gasteiger partial charge in [-0.25, -0.2) is 9.97 Å². The Morgan fingerprint density at radius 1 is 0.862 bits per heavy atom. The molecule has 3 aromatic rings. The number of rotatable bonds is 4. The topological polar surface area (TPSA) is 52.8 Å². The number of nitrogens with zero attached hydrogens (tertiary/aromatic N) is 4.